The highest BCUT2D eigenvalue weighted by Gasteiger charge is 2.29. The lowest BCUT2D eigenvalue weighted by atomic mass is 9.96. The van der Waals surface area contributed by atoms with E-state index < -0.39 is 33.7 Å². The molecule has 7 heteroatoms. The number of carboxylic acids is 1. The van der Waals surface area contributed by atoms with Crippen molar-refractivity contribution < 1.29 is 23.1 Å². The molecule has 1 rings (SSSR count). The number of carboxylic acid groups (broad SMARTS) is 1. The summed E-state index contributed by atoms with van der Waals surface area (Å²) in [7, 11) is -3.38. The van der Waals surface area contributed by atoms with Crippen molar-refractivity contribution in [3.63, 3.8) is 0 Å². The van der Waals surface area contributed by atoms with E-state index in [4.69, 9.17) is 0 Å². The van der Waals surface area contributed by atoms with Crippen LogP contribution in [-0.2, 0) is 25.8 Å². The molecule has 0 aliphatic rings. The van der Waals surface area contributed by atoms with Crippen molar-refractivity contribution in [2.75, 3.05) is 11.5 Å². The largest absolute Gasteiger partial charge is 0.480 e. The van der Waals surface area contributed by atoms with Crippen molar-refractivity contribution in [3.05, 3.63) is 35.4 Å². The zero-order valence-electron chi connectivity index (χ0n) is 15.7. The molecule has 0 aliphatic heterocycles. The quantitative estimate of drug-likeness (QED) is 0.611. The SMILES string of the molecule is CCCC[C@H](NC(=O)[C@H](Cc1ccccc1C)CS(=O)(=O)CC)C(=O)O. The second kappa shape index (κ2) is 10.3. The van der Waals surface area contributed by atoms with Gasteiger partial charge in [0.05, 0.1) is 11.7 Å². The van der Waals surface area contributed by atoms with Crippen molar-refractivity contribution >= 4 is 21.7 Å². The standard InChI is InChI=1S/C19H29NO5S/c1-4-6-11-17(19(22)23)20-18(21)16(13-26(24,25)5-2)12-15-10-8-7-9-14(15)3/h7-10,16-17H,4-6,11-13H2,1-3H3,(H,20,21)(H,22,23)/t16-,17+/m1/s1. The van der Waals surface area contributed by atoms with E-state index in [1.54, 1.807) is 6.92 Å². The van der Waals surface area contributed by atoms with Gasteiger partial charge in [-0.3, -0.25) is 4.79 Å². The van der Waals surface area contributed by atoms with Crippen LogP contribution in [0.15, 0.2) is 24.3 Å². The van der Waals surface area contributed by atoms with Gasteiger partial charge in [0, 0.05) is 5.75 Å². The third-order valence-electron chi connectivity index (χ3n) is 4.45. The van der Waals surface area contributed by atoms with Crippen LogP contribution in [0.5, 0.6) is 0 Å². The molecule has 0 radical (unpaired) electrons. The third-order valence-corrected chi connectivity index (χ3v) is 6.24. The fourth-order valence-corrected chi connectivity index (χ4v) is 3.83. The van der Waals surface area contributed by atoms with Gasteiger partial charge in [-0.05, 0) is 30.9 Å². The van der Waals surface area contributed by atoms with Crippen molar-refractivity contribution in [1.29, 1.82) is 0 Å². The highest BCUT2D eigenvalue weighted by Crippen LogP contribution is 2.16. The lowest BCUT2D eigenvalue weighted by molar-refractivity contribution is -0.142. The molecule has 2 atom stereocenters. The van der Waals surface area contributed by atoms with Gasteiger partial charge in [-0.1, -0.05) is 51.0 Å². The van der Waals surface area contributed by atoms with E-state index in [1.165, 1.54) is 0 Å². The van der Waals surface area contributed by atoms with Gasteiger partial charge in [0.25, 0.3) is 0 Å². The van der Waals surface area contributed by atoms with Crippen molar-refractivity contribution in [2.24, 2.45) is 5.92 Å². The summed E-state index contributed by atoms with van der Waals surface area (Å²) in [6.45, 7) is 5.38. The minimum absolute atomic E-state index is 0.0528. The number of hydrogen-bond donors (Lipinski definition) is 2. The van der Waals surface area contributed by atoms with Crippen LogP contribution in [0.1, 0.15) is 44.2 Å². The van der Waals surface area contributed by atoms with Crippen LogP contribution >= 0.6 is 0 Å². The van der Waals surface area contributed by atoms with E-state index in [1.807, 2.05) is 38.1 Å². The summed E-state index contributed by atoms with van der Waals surface area (Å²) in [5.74, 6) is -2.77. The van der Waals surface area contributed by atoms with Crippen LogP contribution in [0.3, 0.4) is 0 Å². The molecule has 0 fully saturated rings. The fraction of sp³-hybridized carbons (Fsp3) is 0.579. The number of sulfone groups is 1. The molecule has 1 amide bonds. The molecule has 0 bridgehead atoms. The maximum absolute atomic E-state index is 12.7. The predicted molar refractivity (Wildman–Crippen MR) is 102 cm³/mol. The maximum atomic E-state index is 12.7. The molecule has 0 unspecified atom stereocenters. The lowest BCUT2D eigenvalue weighted by Crippen LogP contribution is -2.45. The van der Waals surface area contributed by atoms with Crippen molar-refractivity contribution in [1.82, 2.24) is 5.32 Å². The highest BCUT2D eigenvalue weighted by atomic mass is 32.2. The average Bonchev–Trinajstić information content (AvgIpc) is 2.59. The molecule has 6 nitrogen and oxygen atoms in total. The van der Waals surface area contributed by atoms with Gasteiger partial charge in [0.15, 0.2) is 9.84 Å². The van der Waals surface area contributed by atoms with Crippen LogP contribution in [-0.4, -0.2) is 42.9 Å². The smallest absolute Gasteiger partial charge is 0.326 e. The normalized spacial score (nSPS) is 13.8. The van der Waals surface area contributed by atoms with Crippen LogP contribution < -0.4 is 5.32 Å². The molecule has 2 N–H and O–H groups in total. The van der Waals surface area contributed by atoms with Crippen molar-refractivity contribution in [3.8, 4) is 0 Å². The molecule has 0 saturated heterocycles. The molecular weight excluding hydrogens is 354 g/mol. The summed E-state index contributed by atoms with van der Waals surface area (Å²) in [5, 5.41) is 11.8. The summed E-state index contributed by atoms with van der Waals surface area (Å²) >= 11 is 0. The topological polar surface area (TPSA) is 101 Å². The van der Waals surface area contributed by atoms with E-state index in [0.29, 0.717) is 12.8 Å². The van der Waals surface area contributed by atoms with Crippen LogP contribution in [0, 0.1) is 12.8 Å². The Labute approximate surface area is 155 Å². The molecule has 1 aromatic rings. The number of carbonyl (C=O) groups excluding carboxylic acids is 1. The zero-order chi connectivity index (χ0) is 19.7. The van der Waals surface area contributed by atoms with E-state index in [-0.39, 0.29) is 17.9 Å². The summed E-state index contributed by atoms with van der Waals surface area (Å²) in [6.07, 6.45) is 2.08. The average molecular weight is 384 g/mol. The highest BCUT2D eigenvalue weighted by molar-refractivity contribution is 7.91. The van der Waals surface area contributed by atoms with Crippen LogP contribution in [0.25, 0.3) is 0 Å². The molecule has 146 valence electrons. The number of amides is 1. The first-order valence-corrected chi connectivity index (χ1v) is 10.8. The Morgan fingerprint density at radius 3 is 2.38 bits per heavy atom. The Kier molecular flexibility index (Phi) is 8.78. The van der Waals surface area contributed by atoms with Gasteiger partial charge in [-0.25, -0.2) is 13.2 Å². The number of aryl methyl sites for hydroxylation is 1. The lowest BCUT2D eigenvalue weighted by Gasteiger charge is -2.21. The van der Waals surface area contributed by atoms with E-state index in [9.17, 15) is 23.1 Å². The van der Waals surface area contributed by atoms with Gasteiger partial charge in [0.2, 0.25) is 5.91 Å². The van der Waals surface area contributed by atoms with Crippen LogP contribution in [0.4, 0.5) is 0 Å². The number of hydrogen-bond acceptors (Lipinski definition) is 4. The number of rotatable bonds is 11. The zero-order valence-corrected chi connectivity index (χ0v) is 16.5. The first kappa shape index (κ1) is 22.2. The number of nitrogens with one attached hydrogen (secondary N) is 1. The number of unbranched alkanes of at least 4 members (excludes halogenated alkanes) is 1. The molecular formula is C19H29NO5S. The number of aliphatic carboxylic acids is 1. The predicted octanol–water partition coefficient (Wildman–Crippen LogP) is 2.35. The van der Waals surface area contributed by atoms with Gasteiger partial charge in [-0.2, -0.15) is 0 Å². The Hall–Kier alpha value is -1.89. The van der Waals surface area contributed by atoms with E-state index in [2.05, 4.69) is 5.32 Å². The van der Waals surface area contributed by atoms with E-state index in [0.717, 1.165) is 17.5 Å². The van der Waals surface area contributed by atoms with Gasteiger partial charge < -0.3 is 10.4 Å². The molecule has 26 heavy (non-hydrogen) atoms. The molecule has 0 aromatic heterocycles. The minimum atomic E-state index is -3.38. The second-order valence-corrected chi connectivity index (χ2v) is 8.97. The van der Waals surface area contributed by atoms with Crippen LogP contribution in [0.2, 0.25) is 0 Å². The molecule has 0 spiro atoms. The summed E-state index contributed by atoms with van der Waals surface area (Å²) < 4.78 is 24.2. The Bertz CT molecular complexity index is 714. The van der Waals surface area contributed by atoms with Crippen molar-refractivity contribution in [2.45, 2.75) is 52.5 Å². The van der Waals surface area contributed by atoms with Gasteiger partial charge in [-0.15, -0.1) is 0 Å². The summed E-state index contributed by atoms with van der Waals surface area (Å²) in [6, 6.07) is 6.49. The monoisotopic (exact) mass is 383 g/mol. The minimum Gasteiger partial charge on any atom is -0.480 e. The Balaban J connectivity index is 3.00. The maximum Gasteiger partial charge on any atom is 0.326 e. The molecule has 0 heterocycles. The molecule has 0 aliphatic carbocycles. The third kappa shape index (κ3) is 7.15. The molecule has 0 saturated carbocycles. The fourth-order valence-electron chi connectivity index (χ4n) is 2.71. The van der Waals surface area contributed by atoms with E-state index >= 15 is 0 Å². The molecule has 1 aromatic carbocycles. The first-order valence-electron chi connectivity index (χ1n) is 8.98. The first-order chi connectivity index (χ1) is 12.2. The van der Waals surface area contributed by atoms with Gasteiger partial charge >= 0.3 is 5.97 Å². The Morgan fingerprint density at radius 2 is 1.85 bits per heavy atom. The number of carbonyl (C=O) groups is 2. The van der Waals surface area contributed by atoms with Gasteiger partial charge in [0.1, 0.15) is 6.04 Å². The second-order valence-electron chi connectivity index (χ2n) is 6.57. The summed E-state index contributed by atoms with van der Waals surface area (Å²) in [4.78, 5) is 24.1. The number of benzene rings is 1. The Morgan fingerprint density at radius 1 is 1.19 bits per heavy atom. The summed E-state index contributed by atoms with van der Waals surface area (Å²) in [5.41, 5.74) is 1.86.